The van der Waals surface area contributed by atoms with Gasteiger partial charge in [-0.15, -0.1) is 0 Å². The summed E-state index contributed by atoms with van der Waals surface area (Å²) in [5.41, 5.74) is -0.383. The summed E-state index contributed by atoms with van der Waals surface area (Å²) in [4.78, 5) is 8.91. The molecular weight excluding hydrogens is 347 g/mol. The number of hydrogen-bond acceptors (Lipinski definition) is 5. The van der Waals surface area contributed by atoms with Gasteiger partial charge in [0.2, 0.25) is 0 Å². The van der Waals surface area contributed by atoms with Gasteiger partial charge in [0.1, 0.15) is 11.3 Å². The third kappa shape index (κ3) is 5.00. The van der Waals surface area contributed by atoms with Crippen LogP contribution in [0.3, 0.4) is 0 Å². The quantitative estimate of drug-likeness (QED) is 0.623. The van der Waals surface area contributed by atoms with Gasteiger partial charge in [0.15, 0.2) is 5.82 Å². The number of unbranched alkanes of at least 4 members (excludes halogenated alkanes) is 1. The van der Waals surface area contributed by atoms with Gasteiger partial charge in [-0.2, -0.15) is 18.2 Å². The lowest BCUT2D eigenvalue weighted by Crippen LogP contribution is -2.19. The van der Waals surface area contributed by atoms with E-state index in [9.17, 15) is 13.2 Å². The van der Waals surface area contributed by atoms with E-state index in [1.54, 1.807) is 31.2 Å². The standard InChI is InChI=1S/C18H22F3N3O2/c1-4-6-11-26-14-9-7-13(8-10-14)24(3)16-15(18(19,20)21)12-22-17(23-16)25-5-2/h7-10,12H,4-6,11H2,1-3H3. The molecule has 0 aliphatic carbocycles. The van der Waals surface area contributed by atoms with Crippen molar-refractivity contribution in [1.29, 1.82) is 0 Å². The largest absolute Gasteiger partial charge is 0.494 e. The molecule has 0 bridgehead atoms. The van der Waals surface area contributed by atoms with Crippen LogP contribution in [0.2, 0.25) is 0 Å². The van der Waals surface area contributed by atoms with Crippen LogP contribution in [0.1, 0.15) is 32.3 Å². The molecule has 0 unspecified atom stereocenters. The van der Waals surface area contributed by atoms with E-state index >= 15 is 0 Å². The molecule has 0 radical (unpaired) electrons. The second kappa shape index (κ2) is 8.73. The van der Waals surface area contributed by atoms with Gasteiger partial charge in [0, 0.05) is 18.9 Å². The van der Waals surface area contributed by atoms with Crippen LogP contribution in [0.25, 0.3) is 0 Å². The Balaban J connectivity index is 2.29. The molecule has 26 heavy (non-hydrogen) atoms. The molecule has 1 aromatic carbocycles. The van der Waals surface area contributed by atoms with Gasteiger partial charge in [0.25, 0.3) is 0 Å². The second-order valence-electron chi connectivity index (χ2n) is 5.58. The first kappa shape index (κ1) is 19.8. The highest BCUT2D eigenvalue weighted by atomic mass is 19.4. The number of hydrogen-bond donors (Lipinski definition) is 0. The Labute approximate surface area is 150 Å². The summed E-state index contributed by atoms with van der Waals surface area (Å²) >= 11 is 0. The highest BCUT2D eigenvalue weighted by Crippen LogP contribution is 2.37. The third-order valence-electron chi connectivity index (χ3n) is 3.63. The van der Waals surface area contributed by atoms with E-state index in [4.69, 9.17) is 9.47 Å². The topological polar surface area (TPSA) is 47.5 Å². The smallest absolute Gasteiger partial charge is 0.421 e. The summed E-state index contributed by atoms with van der Waals surface area (Å²) in [6, 6.07) is 6.72. The van der Waals surface area contributed by atoms with Crippen LogP contribution in [0.4, 0.5) is 24.7 Å². The van der Waals surface area contributed by atoms with Crippen molar-refractivity contribution in [3.63, 3.8) is 0 Å². The summed E-state index contributed by atoms with van der Waals surface area (Å²) in [6.45, 7) is 4.64. The second-order valence-corrected chi connectivity index (χ2v) is 5.58. The lowest BCUT2D eigenvalue weighted by Gasteiger charge is -2.22. The minimum Gasteiger partial charge on any atom is -0.494 e. The molecule has 8 heteroatoms. The summed E-state index contributed by atoms with van der Waals surface area (Å²) in [5.74, 6) is 0.403. The van der Waals surface area contributed by atoms with Crippen LogP contribution in [0, 0.1) is 0 Å². The van der Waals surface area contributed by atoms with Gasteiger partial charge in [0.05, 0.1) is 13.2 Å². The molecular formula is C18H22F3N3O2. The van der Waals surface area contributed by atoms with Crippen LogP contribution >= 0.6 is 0 Å². The minimum atomic E-state index is -4.57. The lowest BCUT2D eigenvalue weighted by molar-refractivity contribution is -0.137. The number of aromatic nitrogens is 2. The summed E-state index contributed by atoms with van der Waals surface area (Å²) in [7, 11) is 1.51. The SMILES string of the molecule is CCCCOc1ccc(N(C)c2nc(OCC)ncc2C(F)(F)F)cc1. The van der Waals surface area contributed by atoms with E-state index in [1.807, 2.05) is 0 Å². The van der Waals surface area contributed by atoms with Crippen molar-refractivity contribution >= 4 is 11.5 Å². The number of alkyl halides is 3. The Morgan fingerprint density at radius 2 is 1.77 bits per heavy atom. The first-order chi connectivity index (χ1) is 12.4. The van der Waals surface area contributed by atoms with E-state index in [1.165, 1.54) is 11.9 Å². The van der Waals surface area contributed by atoms with Gasteiger partial charge in [-0.25, -0.2) is 4.98 Å². The van der Waals surface area contributed by atoms with Gasteiger partial charge >= 0.3 is 12.2 Å². The summed E-state index contributed by atoms with van der Waals surface area (Å²) < 4.78 is 50.6. The molecule has 2 rings (SSSR count). The minimum absolute atomic E-state index is 0.0955. The summed E-state index contributed by atoms with van der Waals surface area (Å²) in [6.07, 6.45) is -1.86. The Bertz CT molecular complexity index is 706. The molecule has 0 fully saturated rings. The van der Waals surface area contributed by atoms with E-state index in [0.717, 1.165) is 19.0 Å². The normalized spacial score (nSPS) is 11.3. The first-order valence-corrected chi connectivity index (χ1v) is 8.40. The zero-order valence-corrected chi connectivity index (χ0v) is 15.0. The van der Waals surface area contributed by atoms with Gasteiger partial charge in [-0.1, -0.05) is 13.3 Å². The monoisotopic (exact) mass is 369 g/mol. The van der Waals surface area contributed by atoms with Crippen molar-refractivity contribution in [2.75, 3.05) is 25.2 Å². The predicted molar refractivity (Wildman–Crippen MR) is 93.1 cm³/mol. The molecule has 0 aliphatic rings. The molecule has 0 amide bonds. The van der Waals surface area contributed by atoms with Crippen molar-refractivity contribution in [2.45, 2.75) is 32.9 Å². The molecule has 0 aliphatic heterocycles. The van der Waals surface area contributed by atoms with Crippen LogP contribution in [0.5, 0.6) is 11.8 Å². The van der Waals surface area contributed by atoms with Crippen LogP contribution < -0.4 is 14.4 Å². The molecule has 0 saturated heterocycles. The average Bonchev–Trinajstić information content (AvgIpc) is 2.61. The molecule has 0 atom stereocenters. The van der Waals surface area contributed by atoms with E-state index in [-0.39, 0.29) is 18.4 Å². The van der Waals surface area contributed by atoms with Gasteiger partial charge in [-0.05, 0) is 37.6 Å². The van der Waals surface area contributed by atoms with Crippen LogP contribution in [-0.4, -0.2) is 30.2 Å². The van der Waals surface area contributed by atoms with Crippen LogP contribution in [-0.2, 0) is 6.18 Å². The third-order valence-corrected chi connectivity index (χ3v) is 3.63. The van der Waals surface area contributed by atoms with Crippen molar-refractivity contribution in [3.05, 3.63) is 36.0 Å². The number of nitrogens with zero attached hydrogens (tertiary/aromatic N) is 3. The fourth-order valence-electron chi connectivity index (χ4n) is 2.23. The zero-order valence-electron chi connectivity index (χ0n) is 15.0. The fraction of sp³-hybridized carbons (Fsp3) is 0.444. The van der Waals surface area contributed by atoms with Gasteiger partial charge in [-0.3, -0.25) is 0 Å². The molecule has 0 N–H and O–H groups in total. The first-order valence-electron chi connectivity index (χ1n) is 8.40. The number of rotatable bonds is 8. The van der Waals surface area contributed by atoms with Crippen molar-refractivity contribution in [2.24, 2.45) is 0 Å². The average molecular weight is 369 g/mol. The van der Waals surface area contributed by atoms with Crippen molar-refractivity contribution in [1.82, 2.24) is 9.97 Å². The molecule has 1 heterocycles. The summed E-state index contributed by atoms with van der Waals surface area (Å²) in [5, 5.41) is 0. The van der Waals surface area contributed by atoms with Crippen molar-refractivity contribution in [3.8, 4) is 11.8 Å². The maximum Gasteiger partial charge on any atom is 0.421 e. The number of benzene rings is 1. The van der Waals surface area contributed by atoms with Gasteiger partial charge < -0.3 is 14.4 Å². The highest BCUT2D eigenvalue weighted by molar-refractivity contribution is 5.63. The Kier molecular flexibility index (Phi) is 6.65. The molecule has 1 aromatic heterocycles. The maximum absolute atomic E-state index is 13.3. The Morgan fingerprint density at radius 1 is 1.08 bits per heavy atom. The molecule has 0 saturated carbocycles. The Hall–Kier alpha value is -2.51. The molecule has 2 aromatic rings. The molecule has 0 spiro atoms. The van der Waals surface area contributed by atoms with Crippen molar-refractivity contribution < 1.29 is 22.6 Å². The maximum atomic E-state index is 13.3. The number of anilines is 2. The number of halogens is 3. The number of ether oxygens (including phenoxy) is 2. The fourth-order valence-corrected chi connectivity index (χ4v) is 2.23. The van der Waals surface area contributed by atoms with E-state index in [2.05, 4.69) is 16.9 Å². The van der Waals surface area contributed by atoms with E-state index in [0.29, 0.717) is 18.0 Å². The van der Waals surface area contributed by atoms with Crippen LogP contribution in [0.15, 0.2) is 30.5 Å². The lowest BCUT2D eigenvalue weighted by atomic mass is 10.2. The molecule has 142 valence electrons. The highest BCUT2D eigenvalue weighted by Gasteiger charge is 2.36. The molecule has 5 nitrogen and oxygen atoms in total. The zero-order chi connectivity index (χ0) is 19.2. The van der Waals surface area contributed by atoms with E-state index < -0.39 is 11.7 Å². The Morgan fingerprint density at radius 3 is 2.35 bits per heavy atom. The predicted octanol–water partition coefficient (Wildman–Crippen LogP) is 4.84.